The number of rotatable bonds is 10. The van der Waals surface area contributed by atoms with Gasteiger partial charge >= 0.3 is 0 Å². The summed E-state index contributed by atoms with van der Waals surface area (Å²) >= 11 is 5.89. The van der Waals surface area contributed by atoms with Gasteiger partial charge in [0.1, 0.15) is 22.1 Å². The van der Waals surface area contributed by atoms with Crippen LogP contribution in [0.5, 0.6) is 17.2 Å². The summed E-state index contributed by atoms with van der Waals surface area (Å²) in [5, 5.41) is 0.620. The van der Waals surface area contributed by atoms with Crippen LogP contribution in [-0.2, 0) is 14.8 Å². The molecule has 0 bridgehead atoms. The molecule has 2 N–H and O–H groups in total. The smallest absolute Gasteiger partial charge is 0.261 e. The maximum absolute atomic E-state index is 12.5. The Morgan fingerprint density at radius 2 is 1.79 bits per heavy atom. The molecule has 2 aromatic carbocycles. The van der Waals surface area contributed by atoms with Gasteiger partial charge in [-0.15, -0.1) is 4.83 Å². The first-order chi connectivity index (χ1) is 13.8. The van der Waals surface area contributed by atoms with Crippen LogP contribution in [0.1, 0.15) is 18.4 Å². The molecule has 0 radical (unpaired) electrons. The molecule has 0 aromatic heterocycles. The third kappa shape index (κ3) is 6.52. The number of benzene rings is 2. The van der Waals surface area contributed by atoms with Crippen LogP contribution in [0, 0.1) is 6.92 Å². The SMILES string of the molecule is COc1ccc(OC)c(S(=O)(=O)NNC(=O)CCCOc2ccc(Cl)cc2C)c1. The number of hydrogen-bond donors (Lipinski definition) is 2. The third-order valence-electron chi connectivity index (χ3n) is 3.93. The van der Waals surface area contributed by atoms with Crippen molar-refractivity contribution in [3.05, 3.63) is 47.0 Å². The number of aryl methyl sites for hydroxylation is 1. The van der Waals surface area contributed by atoms with Crippen LogP contribution in [0.15, 0.2) is 41.3 Å². The molecule has 0 aliphatic carbocycles. The van der Waals surface area contributed by atoms with Gasteiger partial charge in [0.15, 0.2) is 0 Å². The van der Waals surface area contributed by atoms with E-state index in [0.717, 1.165) is 5.56 Å². The molecule has 0 fully saturated rings. The summed E-state index contributed by atoms with van der Waals surface area (Å²) in [7, 11) is -1.28. The number of amides is 1. The minimum atomic E-state index is -4.04. The highest BCUT2D eigenvalue weighted by Crippen LogP contribution is 2.27. The number of carbonyl (C=O) groups excluding carboxylic acids is 1. The van der Waals surface area contributed by atoms with Crippen molar-refractivity contribution in [1.29, 1.82) is 0 Å². The van der Waals surface area contributed by atoms with Gasteiger partial charge in [0.2, 0.25) is 5.91 Å². The Hall–Kier alpha value is -2.49. The third-order valence-corrected chi connectivity index (χ3v) is 5.43. The maximum atomic E-state index is 12.5. The zero-order chi connectivity index (χ0) is 21.4. The molecule has 0 saturated heterocycles. The second-order valence-corrected chi connectivity index (χ2v) is 8.12. The fourth-order valence-electron chi connectivity index (χ4n) is 2.43. The van der Waals surface area contributed by atoms with Gasteiger partial charge in [-0.25, -0.2) is 8.42 Å². The van der Waals surface area contributed by atoms with E-state index in [-0.39, 0.29) is 17.1 Å². The van der Waals surface area contributed by atoms with Gasteiger partial charge < -0.3 is 14.2 Å². The second kappa shape index (κ2) is 10.3. The topological polar surface area (TPSA) is 103 Å². The molecule has 0 aliphatic heterocycles. The van der Waals surface area contributed by atoms with E-state index in [1.807, 2.05) is 6.92 Å². The zero-order valence-electron chi connectivity index (χ0n) is 16.3. The molecule has 0 atom stereocenters. The Kier molecular flexibility index (Phi) is 8.12. The molecule has 8 nitrogen and oxygen atoms in total. The highest BCUT2D eigenvalue weighted by Gasteiger charge is 2.21. The normalized spacial score (nSPS) is 11.0. The van der Waals surface area contributed by atoms with Gasteiger partial charge in [0.25, 0.3) is 10.0 Å². The lowest BCUT2D eigenvalue weighted by Crippen LogP contribution is -2.41. The number of nitrogens with one attached hydrogen (secondary N) is 2. The molecule has 1 amide bonds. The van der Waals surface area contributed by atoms with Crippen molar-refractivity contribution < 1.29 is 27.4 Å². The molecule has 29 heavy (non-hydrogen) atoms. The molecule has 2 rings (SSSR count). The first kappa shape index (κ1) is 22.8. The van der Waals surface area contributed by atoms with Gasteiger partial charge in [-0.05, 0) is 49.2 Å². The van der Waals surface area contributed by atoms with Gasteiger partial charge in [0.05, 0.1) is 20.8 Å². The Balaban J connectivity index is 1.85. The van der Waals surface area contributed by atoms with E-state index in [1.54, 1.807) is 24.3 Å². The quantitative estimate of drug-likeness (QED) is 0.433. The van der Waals surface area contributed by atoms with Crippen LogP contribution < -0.4 is 24.5 Å². The summed E-state index contributed by atoms with van der Waals surface area (Å²) in [5.41, 5.74) is 3.07. The lowest BCUT2D eigenvalue weighted by atomic mass is 10.2. The lowest BCUT2D eigenvalue weighted by molar-refractivity contribution is -0.121. The number of hydrazine groups is 1. The van der Waals surface area contributed by atoms with Crippen molar-refractivity contribution in [1.82, 2.24) is 10.3 Å². The van der Waals surface area contributed by atoms with Crippen molar-refractivity contribution in [2.24, 2.45) is 0 Å². The Labute approximate surface area is 175 Å². The van der Waals surface area contributed by atoms with E-state index in [1.165, 1.54) is 26.4 Å². The van der Waals surface area contributed by atoms with E-state index in [0.29, 0.717) is 29.5 Å². The summed E-state index contributed by atoms with van der Waals surface area (Å²) < 4.78 is 40.6. The molecule has 2 aromatic rings. The molecule has 158 valence electrons. The summed E-state index contributed by atoms with van der Waals surface area (Å²) in [5.74, 6) is 0.652. The van der Waals surface area contributed by atoms with Crippen LogP contribution >= 0.6 is 11.6 Å². The highest BCUT2D eigenvalue weighted by atomic mass is 35.5. The second-order valence-electron chi connectivity index (χ2n) is 6.03. The maximum Gasteiger partial charge on any atom is 0.261 e. The number of sulfonamides is 1. The fraction of sp³-hybridized carbons (Fsp3) is 0.316. The minimum Gasteiger partial charge on any atom is -0.497 e. The molecule has 0 saturated carbocycles. The average molecular weight is 443 g/mol. The van der Waals surface area contributed by atoms with Crippen molar-refractivity contribution in [3.8, 4) is 17.2 Å². The predicted octanol–water partition coefficient (Wildman–Crippen LogP) is 2.83. The molecular weight excluding hydrogens is 420 g/mol. The van der Waals surface area contributed by atoms with Crippen LogP contribution in [0.25, 0.3) is 0 Å². The first-order valence-corrected chi connectivity index (χ1v) is 10.5. The predicted molar refractivity (Wildman–Crippen MR) is 109 cm³/mol. The van der Waals surface area contributed by atoms with Crippen LogP contribution in [-0.4, -0.2) is 35.2 Å². The number of carbonyl (C=O) groups is 1. The number of methoxy groups -OCH3 is 2. The van der Waals surface area contributed by atoms with E-state index >= 15 is 0 Å². The highest BCUT2D eigenvalue weighted by molar-refractivity contribution is 7.89. The fourth-order valence-corrected chi connectivity index (χ4v) is 3.70. The van der Waals surface area contributed by atoms with Crippen molar-refractivity contribution >= 4 is 27.5 Å². The first-order valence-electron chi connectivity index (χ1n) is 8.68. The number of ether oxygens (including phenoxy) is 3. The van der Waals surface area contributed by atoms with E-state index in [9.17, 15) is 13.2 Å². The monoisotopic (exact) mass is 442 g/mol. The molecule has 0 aliphatic rings. The summed E-state index contributed by atoms with van der Waals surface area (Å²) in [6, 6.07) is 9.59. The van der Waals surface area contributed by atoms with E-state index in [4.69, 9.17) is 25.8 Å². The Morgan fingerprint density at radius 1 is 1.07 bits per heavy atom. The van der Waals surface area contributed by atoms with Gasteiger partial charge in [0, 0.05) is 17.5 Å². The van der Waals surface area contributed by atoms with Crippen LogP contribution in [0.4, 0.5) is 0 Å². The summed E-state index contributed by atoms with van der Waals surface area (Å²) in [4.78, 5) is 13.9. The lowest BCUT2D eigenvalue weighted by Gasteiger charge is -2.13. The van der Waals surface area contributed by atoms with Gasteiger partial charge in [-0.2, -0.15) is 0 Å². The summed E-state index contributed by atoms with van der Waals surface area (Å²) in [6.45, 7) is 2.17. The molecule has 0 heterocycles. The standard InChI is InChI=1S/C19H23ClN2O6S/c1-13-11-14(20)6-8-16(13)28-10-4-5-19(23)21-22-29(24,25)18-12-15(26-2)7-9-17(18)27-3/h6-9,11-12,22H,4-5,10H2,1-3H3,(H,21,23). The van der Waals surface area contributed by atoms with Crippen LogP contribution in [0.2, 0.25) is 5.02 Å². The number of halogens is 1. The summed E-state index contributed by atoms with van der Waals surface area (Å²) in [6.07, 6.45) is 0.475. The zero-order valence-corrected chi connectivity index (χ0v) is 17.9. The minimum absolute atomic E-state index is 0.0738. The van der Waals surface area contributed by atoms with E-state index < -0.39 is 15.9 Å². The van der Waals surface area contributed by atoms with Gasteiger partial charge in [-0.3, -0.25) is 10.2 Å². The number of hydrogen-bond acceptors (Lipinski definition) is 6. The van der Waals surface area contributed by atoms with Gasteiger partial charge in [-0.1, -0.05) is 11.6 Å². The van der Waals surface area contributed by atoms with Crippen molar-refractivity contribution in [2.45, 2.75) is 24.7 Å². The molecule has 0 spiro atoms. The molecule has 10 heteroatoms. The average Bonchev–Trinajstić information content (AvgIpc) is 2.70. The van der Waals surface area contributed by atoms with Crippen molar-refractivity contribution in [2.75, 3.05) is 20.8 Å². The molecular formula is C19H23ClN2O6S. The molecule has 0 unspecified atom stereocenters. The largest absolute Gasteiger partial charge is 0.497 e. The van der Waals surface area contributed by atoms with Crippen LogP contribution in [0.3, 0.4) is 0 Å². The van der Waals surface area contributed by atoms with Crippen molar-refractivity contribution in [3.63, 3.8) is 0 Å². The van der Waals surface area contributed by atoms with E-state index in [2.05, 4.69) is 10.3 Å². The Bertz CT molecular complexity index is 965. The Morgan fingerprint density at radius 3 is 2.45 bits per heavy atom.